The van der Waals surface area contributed by atoms with Gasteiger partial charge in [0.2, 0.25) is 0 Å². The molecule has 6 nitrogen and oxygen atoms in total. The van der Waals surface area contributed by atoms with Gasteiger partial charge >= 0.3 is 0 Å². The summed E-state index contributed by atoms with van der Waals surface area (Å²) < 4.78 is 27.3. The quantitative estimate of drug-likeness (QED) is 0.846. The summed E-state index contributed by atoms with van der Waals surface area (Å²) in [4.78, 5) is 12.7. The maximum Gasteiger partial charge on any atom is 0.261 e. The van der Waals surface area contributed by atoms with Gasteiger partial charge < -0.3 is 5.32 Å². The van der Waals surface area contributed by atoms with Crippen molar-refractivity contribution in [1.82, 2.24) is 5.32 Å². The van der Waals surface area contributed by atoms with E-state index in [0.29, 0.717) is 24.1 Å². The summed E-state index contributed by atoms with van der Waals surface area (Å²) in [6.07, 6.45) is 3.08. The standard InChI is InChI=1S/C19H19N3O3S/c20-14-19(11-4-5-12-19)21-18(23)15-7-6-8-16(13-15)22-26(24,25)17-9-2-1-3-10-17/h1-3,6-10,13,22H,4-5,11-12H2,(H,21,23). The highest BCUT2D eigenvalue weighted by Gasteiger charge is 2.35. The lowest BCUT2D eigenvalue weighted by Crippen LogP contribution is -2.45. The fourth-order valence-corrected chi connectivity index (χ4v) is 4.14. The van der Waals surface area contributed by atoms with Crippen molar-refractivity contribution in [2.45, 2.75) is 36.1 Å². The summed E-state index contributed by atoms with van der Waals surface area (Å²) >= 11 is 0. The number of nitriles is 1. The van der Waals surface area contributed by atoms with Gasteiger partial charge in [-0.1, -0.05) is 24.3 Å². The van der Waals surface area contributed by atoms with Gasteiger partial charge in [0.05, 0.1) is 11.0 Å². The van der Waals surface area contributed by atoms with Crippen molar-refractivity contribution < 1.29 is 13.2 Å². The molecule has 2 aromatic carbocycles. The van der Waals surface area contributed by atoms with Crippen molar-refractivity contribution in [3.05, 3.63) is 60.2 Å². The van der Waals surface area contributed by atoms with E-state index < -0.39 is 15.6 Å². The Morgan fingerprint density at radius 2 is 1.73 bits per heavy atom. The molecule has 0 bridgehead atoms. The molecular weight excluding hydrogens is 350 g/mol. The topological polar surface area (TPSA) is 99.1 Å². The summed E-state index contributed by atoms with van der Waals surface area (Å²) in [5, 5.41) is 12.2. The van der Waals surface area contributed by atoms with Crippen molar-refractivity contribution in [2.75, 3.05) is 4.72 Å². The molecule has 1 fully saturated rings. The third kappa shape index (κ3) is 3.86. The number of amides is 1. The summed E-state index contributed by atoms with van der Waals surface area (Å²) in [5.41, 5.74) is -0.227. The Balaban J connectivity index is 1.78. The van der Waals surface area contributed by atoms with Crippen molar-refractivity contribution >= 4 is 21.6 Å². The first-order valence-corrected chi connectivity index (χ1v) is 9.84. The Labute approximate surface area is 152 Å². The fourth-order valence-electron chi connectivity index (χ4n) is 3.07. The Morgan fingerprint density at radius 3 is 2.38 bits per heavy atom. The minimum atomic E-state index is -3.73. The zero-order valence-corrected chi connectivity index (χ0v) is 14.9. The van der Waals surface area contributed by atoms with Gasteiger partial charge in [0.25, 0.3) is 15.9 Å². The first kappa shape index (κ1) is 18.0. The molecule has 0 atom stereocenters. The van der Waals surface area contributed by atoms with Crippen LogP contribution >= 0.6 is 0 Å². The number of carbonyl (C=O) groups is 1. The molecule has 0 aromatic heterocycles. The SMILES string of the molecule is N#CC1(NC(=O)c2cccc(NS(=O)(=O)c3ccccc3)c2)CCCC1. The first-order valence-electron chi connectivity index (χ1n) is 8.36. The third-order valence-electron chi connectivity index (χ3n) is 4.45. The van der Waals surface area contributed by atoms with Crippen molar-refractivity contribution in [1.29, 1.82) is 5.26 Å². The van der Waals surface area contributed by atoms with E-state index in [1.807, 2.05) is 0 Å². The molecule has 7 heteroatoms. The molecular formula is C19H19N3O3S. The smallest absolute Gasteiger partial charge is 0.261 e. The molecule has 0 aliphatic heterocycles. The van der Waals surface area contributed by atoms with Gasteiger partial charge in [-0.2, -0.15) is 5.26 Å². The van der Waals surface area contributed by atoms with E-state index in [1.165, 1.54) is 18.2 Å². The highest BCUT2D eigenvalue weighted by molar-refractivity contribution is 7.92. The third-order valence-corrected chi connectivity index (χ3v) is 5.85. The molecule has 0 unspecified atom stereocenters. The second kappa shape index (κ2) is 7.18. The number of rotatable bonds is 5. The summed E-state index contributed by atoms with van der Waals surface area (Å²) in [6.45, 7) is 0. The molecule has 0 radical (unpaired) electrons. The highest BCUT2D eigenvalue weighted by atomic mass is 32.2. The van der Waals surface area contributed by atoms with E-state index >= 15 is 0 Å². The van der Waals surface area contributed by atoms with E-state index in [9.17, 15) is 18.5 Å². The van der Waals surface area contributed by atoms with Crippen LogP contribution in [0.1, 0.15) is 36.0 Å². The number of benzene rings is 2. The summed E-state index contributed by atoms with van der Waals surface area (Å²) in [7, 11) is -3.73. The molecule has 134 valence electrons. The molecule has 0 heterocycles. The van der Waals surface area contributed by atoms with Gasteiger partial charge in [-0.3, -0.25) is 9.52 Å². The van der Waals surface area contributed by atoms with Crippen LogP contribution in [0.4, 0.5) is 5.69 Å². The number of anilines is 1. The Morgan fingerprint density at radius 1 is 1.04 bits per heavy atom. The second-order valence-corrected chi connectivity index (χ2v) is 8.04. The second-order valence-electron chi connectivity index (χ2n) is 6.35. The van der Waals surface area contributed by atoms with E-state index in [1.54, 1.807) is 36.4 Å². The Bertz CT molecular complexity index is 943. The molecule has 1 aliphatic rings. The number of hydrogen-bond donors (Lipinski definition) is 2. The van der Waals surface area contributed by atoms with Gasteiger partial charge in [-0.15, -0.1) is 0 Å². The van der Waals surface area contributed by atoms with Crippen LogP contribution in [0.5, 0.6) is 0 Å². The number of nitrogens with zero attached hydrogens (tertiary/aromatic N) is 1. The average molecular weight is 369 g/mol. The lowest BCUT2D eigenvalue weighted by molar-refractivity contribution is 0.0920. The van der Waals surface area contributed by atoms with Gasteiger partial charge in [-0.25, -0.2) is 8.42 Å². The Kier molecular flexibility index (Phi) is 4.96. The van der Waals surface area contributed by atoms with Crippen molar-refractivity contribution in [3.8, 4) is 6.07 Å². The van der Waals surface area contributed by atoms with Gasteiger partial charge in [0.15, 0.2) is 0 Å². The molecule has 0 saturated heterocycles. The number of hydrogen-bond acceptors (Lipinski definition) is 4. The monoisotopic (exact) mass is 369 g/mol. The molecule has 2 aromatic rings. The van der Waals surface area contributed by atoms with Gasteiger partial charge in [0.1, 0.15) is 5.54 Å². The highest BCUT2D eigenvalue weighted by Crippen LogP contribution is 2.29. The van der Waals surface area contributed by atoms with Gasteiger partial charge in [0, 0.05) is 11.3 Å². The first-order chi connectivity index (χ1) is 12.4. The average Bonchev–Trinajstić information content (AvgIpc) is 3.11. The molecule has 2 N–H and O–H groups in total. The van der Waals surface area contributed by atoms with Crippen LogP contribution in [0.25, 0.3) is 0 Å². The molecule has 1 amide bonds. The van der Waals surface area contributed by atoms with Crippen molar-refractivity contribution in [3.63, 3.8) is 0 Å². The van der Waals surface area contributed by atoms with Crippen LogP contribution in [-0.4, -0.2) is 19.9 Å². The lowest BCUT2D eigenvalue weighted by atomic mass is 9.99. The zero-order valence-electron chi connectivity index (χ0n) is 14.1. The van der Waals surface area contributed by atoms with Crippen LogP contribution in [0, 0.1) is 11.3 Å². The minimum Gasteiger partial charge on any atom is -0.334 e. The predicted octanol–water partition coefficient (Wildman–Crippen LogP) is 3.05. The van der Waals surface area contributed by atoms with E-state index in [-0.39, 0.29) is 10.8 Å². The van der Waals surface area contributed by atoms with Crippen molar-refractivity contribution in [2.24, 2.45) is 0 Å². The number of sulfonamides is 1. The number of nitrogens with one attached hydrogen (secondary N) is 2. The molecule has 0 spiro atoms. The molecule has 1 aliphatic carbocycles. The number of carbonyl (C=O) groups excluding carboxylic acids is 1. The zero-order chi connectivity index (χ0) is 18.6. The van der Waals surface area contributed by atoms with E-state index in [4.69, 9.17) is 0 Å². The normalized spacial score (nSPS) is 15.8. The molecule has 3 rings (SSSR count). The van der Waals surface area contributed by atoms with Crippen LogP contribution < -0.4 is 10.0 Å². The fraction of sp³-hybridized carbons (Fsp3) is 0.263. The predicted molar refractivity (Wildman–Crippen MR) is 98.0 cm³/mol. The Hall–Kier alpha value is -2.85. The maximum atomic E-state index is 12.5. The summed E-state index contributed by atoms with van der Waals surface area (Å²) in [6, 6.07) is 16.5. The summed E-state index contributed by atoms with van der Waals surface area (Å²) in [5.74, 6) is -0.380. The van der Waals surface area contributed by atoms with Gasteiger partial charge in [-0.05, 0) is 56.0 Å². The van der Waals surface area contributed by atoms with Crippen LogP contribution in [0.2, 0.25) is 0 Å². The van der Waals surface area contributed by atoms with Crippen LogP contribution in [-0.2, 0) is 10.0 Å². The maximum absolute atomic E-state index is 12.5. The largest absolute Gasteiger partial charge is 0.334 e. The molecule has 26 heavy (non-hydrogen) atoms. The lowest BCUT2D eigenvalue weighted by Gasteiger charge is -2.22. The minimum absolute atomic E-state index is 0.143. The van der Waals surface area contributed by atoms with Crippen LogP contribution in [0.3, 0.4) is 0 Å². The van der Waals surface area contributed by atoms with Crippen LogP contribution in [0.15, 0.2) is 59.5 Å². The molecule has 1 saturated carbocycles. The van der Waals surface area contributed by atoms with E-state index in [2.05, 4.69) is 16.1 Å². The van der Waals surface area contributed by atoms with E-state index in [0.717, 1.165) is 12.8 Å².